The van der Waals surface area contributed by atoms with Crippen LogP contribution in [-0.4, -0.2) is 41.5 Å². The molecule has 21 heavy (non-hydrogen) atoms. The van der Waals surface area contributed by atoms with Crippen LogP contribution in [-0.2, 0) is 9.59 Å². The molecule has 1 fully saturated rings. The van der Waals surface area contributed by atoms with E-state index < -0.39 is 17.7 Å². The second-order valence-corrected chi connectivity index (χ2v) is 5.50. The lowest BCUT2D eigenvalue weighted by atomic mass is 9.98. The summed E-state index contributed by atoms with van der Waals surface area (Å²) >= 11 is 5.64. The van der Waals surface area contributed by atoms with Gasteiger partial charge in [0, 0.05) is 12.2 Å². The second-order valence-electron chi connectivity index (χ2n) is 5.09. The summed E-state index contributed by atoms with van der Waals surface area (Å²) < 4.78 is 13.0. The molecular weight excluding hydrogens is 299 g/mol. The molecule has 1 aromatic carbocycles. The summed E-state index contributed by atoms with van der Waals surface area (Å²) in [5.74, 6) is -2.07. The highest BCUT2D eigenvalue weighted by molar-refractivity contribution is 6.31. The van der Waals surface area contributed by atoms with E-state index >= 15 is 0 Å². The van der Waals surface area contributed by atoms with Gasteiger partial charge in [-0.3, -0.25) is 14.5 Å². The summed E-state index contributed by atoms with van der Waals surface area (Å²) in [7, 11) is 0. The highest BCUT2D eigenvalue weighted by Gasteiger charge is 2.26. The predicted molar refractivity (Wildman–Crippen MR) is 76.8 cm³/mol. The number of nitrogens with zero attached hydrogens (tertiary/aromatic N) is 1. The van der Waals surface area contributed by atoms with E-state index in [4.69, 9.17) is 16.7 Å². The SMILES string of the molecule is O=C(CN1CCCC(C(=O)O)C1)Nc1ccc(F)c(Cl)c1. The lowest BCUT2D eigenvalue weighted by Gasteiger charge is -2.29. The van der Waals surface area contributed by atoms with E-state index in [9.17, 15) is 14.0 Å². The highest BCUT2D eigenvalue weighted by atomic mass is 35.5. The monoisotopic (exact) mass is 314 g/mol. The van der Waals surface area contributed by atoms with E-state index in [-0.39, 0.29) is 17.5 Å². The van der Waals surface area contributed by atoms with Gasteiger partial charge in [-0.2, -0.15) is 0 Å². The van der Waals surface area contributed by atoms with Crippen molar-refractivity contribution in [3.8, 4) is 0 Å². The van der Waals surface area contributed by atoms with E-state index in [2.05, 4.69) is 5.32 Å². The van der Waals surface area contributed by atoms with Gasteiger partial charge in [-0.1, -0.05) is 11.6 Å². The summed E-state index contributed by atoms with van der Waals surface area (Å²) in [6.07, 6.45) is 1.40. The summed E-state index contributed by atoms with van der Waals surface area (Å²) in [5, 5.41) is 11.6. The minimum absolute atomic E-state index is 0.0586. The van der Waals surface area contributed by atoms with Crippen molar-refractivity contribution in [2.75, 3.05) is 25.0 Å². The molecule has 0 aromatic heterocycles. The second kappa shape index (κ2) is 6.87. The van der Waals surface area contributed by atoms with Crippen LogP contribution in [0.3, 0.4) is 0 Å². The maximum Gasteiger partial charge on any atom is 0.307 e. The number of amides is 1. The molecule has 1 unspecified atom stereocenters. The Labute approximate surface area is 126 Å². The van der Waals surface area contributed by atoms with E-state index in [1.165, 1.54) is 18.2 Å². The molecule has 114 valence electrons. The van der Waals surface area contributed by atoms with Crippen LogP contribution < -0.4 is 5.32 Å². The fraction of sp³-hybridized carbons (Fsp3) is 0.429. The van der Waals surface area contributed by atoms with Crippen LogP contribution in [0.1, 0.15) is 12.8 Å². The summed E-state index contributed by atoms with van der Waals surface area (Å²) in [6.45, 7) is 1.17. The van der Waals surface area contributed by atoms with Gasteiger partial charge in [0.15, 0.2) is 0 Å². The molecule has 1 amide bonds. The molecule has 0 spiro atoms. The van der Waals surface area contributed by atoms with Crippen molar-refractivity contribution in [2.45, 2.75) is 12.8 Å². The number of carbonyl (C=O) groups excluding carboxylic acids is 1. The largest absolute Gasteiger partial charge is 0.481 e. The fourth-order valence-electron chi connectivity index (χ4n) is 2.38. The maximum atomic E-state index is 13.0. The third-order valence-corrected chi connectivity index (χ3v) is 3.71. The van der Waals surface area contributed by atoms with Crippen LogP contribution in [0.25, 0.3) is 0 Å². The number of nitrogens with one attached hydrogen (secondary N) is 1. The number of piperidine rings is 1. The van der Waals surface area contributed by atoms with E-state index in [1.54, 1.807) is 0 Å². The van der Waals surface area contributed by atoms with Crippen LogP contribution in [0.2, 0.25) is 5.02 Å². The first kappa shape index (κ1) is 15.7. The smallest absolute Gasteiger partial charge is 0.307 e. The number of aliphatic carboxylic acids is 1. The van der Waals surface area contributed by atoms with Crippen LogP contribution in [0.4, 0.5) is 10.1 Å². The van der Waals surface area contributed by atoms with Gasteiger partial charge in [-0.05, 0) is 37.6 Å². The molecule has 1 saturated heterocycles. The zero-order valence-corrected chi connectivity index (χ0v) is 12.1. The van der Waals surface area contributed by atoms with Gasteiger partial charge in [0.25, 0.3) is 0 Å². The highest BCUT2D eigenvalue weighted by Crippen LogP contribution is 2.20. The first-order valence-corrected chi connectivity index (χ1v) is 7.03. The molecule has 1 heterocycles. The summed E-state index contributed by atoms with van der Waals surface area (Å²) in [4.78, 5) is 24.7. The molecule has 1 atom stereocenters. The Morgan fingerprint density at radius 3 is 2.90 bits per heavy atom. The molecule has 1 aliphatic heterocycles. The number of rotatable bonds is 4. The van der Waals surface area contributed by atoms with Crippen molar-refractivity contribution in [2.24, 2.45) is 5.92 Å². The standard InChI is InChI=1S/C14H16ClFN2O3/c15-11-6-10(3-4-12(11)16)17-13(19)8-18-5-1-2-9(7-18)14(20)21/h3-4,6,9H,1-2,5,7-8H2,(H,17,19)(H,20,21). The quantitative estimate of drug-likeness (QED) is 0.894. The number of carboxylic acids is 1. The molecule has 2 rings (SSSR count). The normalized spacial score (nSPS) is 19.2. The number of hydrogen-bond acceptors (Lipinski definition) is 3. The number of carboxylic acid groups (broad SMARTS) is 1. The molecule has 0 aliphatic carbocycles. The number of anilines is 1. The zero-order valence-electron chi connectivity index (χ0n) is 11.3. The molecule has 2 N–H and O–H groups in total. The van der Waals surface area contributed by atoms with Gasteiger partial charge in [-0.15, -0.1) is 0 Å². The maximum absolute atomic E-state index is 13.0. The van der Waals surface area contributed by atoms with Crippen molar-refractivity contribution in [1.29, 1.82) is 0 Å². The molecule has 1 aromatic rings. The first-order chi connectivity index (χ1) is 9.95. The summed E-state index contributed by atoms with van der Waals surface area (Å²) in [5.41, 5.74) is 0.415. The van der Waals surface area contributed by atoms with Gasteiger partial charge in [0.05, 0.1) is 17.5 Å². The molecular formula is C14H16ClFN2O3. The van der Waals surface area contributed by atoms with Gasteiger partial charge < -0.3 is 10.4 Å². The number of carbonyl (C=O) groups is 2. The van der Waals surface area contributed by atoms with Crippen molar-refractivity contribution < 1.29 is 19.1 Å². The van der Waals surface area contributed by atoms with Crippen molar-refractivity contribution >= 4 is 29.2 Å². The molecule has 1 aliphatic rings. The van der Waals surface area contributed by atoms with Crippen LogP contribution in [0, 0.1) is 11.7 Å². The van der Waals surface area contributed by atoms with E-state index in [0.717, 1.165) is 6.42 Å². The van der Waals surface area contributed by atoms with Gasteiger partial charge in [0.1, 0.15) is 5.82 Å². The average Bonchev–Trinajstić information content (AvgIpc) is 2.43. The third kappa shape index (κ3) is 4.41. The molecule has 0 bridgehead atoms. The summed E-state index contributed by atoms with van der Waals surface area (Å²) in [6, 6.07) is 3.94. The van der Waals surface area contributed by atoms with Crippen molar-refractivity contribution in [3.05, 3.63) is 29.0 Å². The Bertz CT molecular complexity index is 553. The minimum Gasteiger partial charge on any atom is -0.481 e. The molecule has 7 heteroatoms. The lowest BCUT2D eigenvalue weighted by molar-refractivity contribution is -0.144. The van der Waals surface area contributed by atoms with E-state index in [0.29, 0.717) is 25.2 Å². The van der Waals surface area contributed by atoms with Crippen molar-refractivity contribution in [3.63, 3.8) is 0 Å². The number of likely N-dealkylation sites (tertiary alicyclic amines) is 1. The van der Waals surface area contributed by atoms with Gasteiger partial charge in [-0.25, -0.2) is 4.39 Å². The van der Waals surface area contributed by atoms with Crippen LogP contribution in [0.5, 0.6) is 0 Å². The Kier molecular flexibility index (Phi) is 5.14. The predicted octanol–water partition coefficient (Wildman–Crippen LogP) is 2.21. The zero-order chi connectivity index (χ0) is 15.4. The molecule has 0 radical (unpaired) electrons. The number of halogens is 2. The Balaban J connectivity index is 1.89. The van der Waals surface area contributed by atoms with Gasteiger partial charge >= 0.3 is 5.97 Å². The fourth-order valence-corrected chi connectivity index (χ4v) is 2.56. The van der Waals surface area contributed by atoms with Crippen LogP contribution >= 0.6 is 11.6 Å². The van der Waals surface area contributed by atoms with Gasteiger partial charge in [0.2, 0.25) is 5.91 Å². The number of hydrogen-bond donors (Lipinski definition) is 2. The van der Waals surface area contributed by atoms with Crippen LogP contribution in [0.15, 0.2) is 18.2 Å². The molecule has 5 nitrogen and oxygen atoms in total. The Hall–Kier alpha value is -1.66. The minimum atomic E-state index is -0.828. The Morgan fingerprint density at radius 2 is 2.24 bits per heavy atom. The lowest BCUT2D eigenvalue weighted by Crippen LogP contribution is -2.42. The topological polar surface area (TPSA) is 69.6 Å². The van der Waals surface area contributed by atoms with Crippen molar-refractivity contribution in [1.82, 2.24) is 4.90 Å². The average molecular weight is 315 g/mol. The van der Waals surface area contributed by atoms with E-state index in [1.807, 2.05) is 4.90 Å². The third-order valence-electron chi connectivity index (χ3n) is 3.43. The molecule has 0 saturated carbocycles. The Morgan fingerprint density at radius 1 is 1.48 bits per heavy atom. The number of benzene rings is 1. The first-order valence-electron chi connectivity index (χ1n) is 6.66.